The van der Waals surface area contributed by atoms with Gasteiger partial charge in [-0.3, -0.25) is 4.68 Å². The maximum atomic E-state index is 6.24. The number of nitrogens with zero attached hydrogens (tertiary/aromatic N) is 2. The van der Waals surface area contributed by atoms with Crippen LogP contribution in [0.5, 0.6) is 0 Å². The first-order valence-electron chi connectivity index (χ1n) is 6.99. The maximum absolute atomic E-state index is 6.24. The molecule has 2 unspecified atom stereocenters. The van der Waals surface area contributed by atoms with Crippen molar-refractivity contribution >= 4 is 0 Å². The first-order valence-corrected chi connectivity index (χ1v) is 6.99. The van der Waals surface area contributed by atoms with Gasteiger partial charge in [-0.2, -0.15) is 5.10 Å². The standard InChI is InChI=1S/C15H29N3/c1-11(2)18-8-7-14(17-18)10-13(16)9-12(3)15(4,5)6/h7-8,11-13H,9-10,16H2,1-6H3. The van der Waals surface area contributed by atoms with Crippen LogP contribution in [0.4, 0.5) is 0 Å². The van der Waals surface area contributed by atoms with Crippen molar-refractivity contribution in [2.45, 2.75) is 66.5 Å². The van der Waals surface area contributed by atoms with Crippen molar-refractivity contribution < 1.29 is 0 Å². The summed E-state index contributed by atoms with van der Waals surface area (Å²) in [5.41, 5.74) is 7.68. The fraction of sp³-hybridized carbons (Fsp3) is 0.800. The Hall–Kier alpha value is -0.830. The molecule has 0 saturated heterocycles. The molecule has 0 radical (unpaired) electrons. The van der Waals surface area contributed by atoms with E-state index in [1.54, 1.807) is 0 Å². The van der Waals surface area contributed by atoms with Crippen LogP contribution < -0.4 is 5.73 Å². The van der Waals surface area contributed by atoms with Crippen molar-refractivity contribution in [2.75, 3.05) is 0 Å². The van der Waals surface area contributed by atoms with Crippen molar-refractivity contribution in [1.82, 2.24) is 9.78 Å². The topological polar surface area (TPSA) is 43.8 Å². The highest BCUT2D eigenvalue weighted by Crippen LogP contribution is 2.29. The molecule has 3 nitrogen and oxygen atoms in total. The van der Waals surface area contributed by atoms with Crippen LogP contribution in [-0.2, 0) is 6.42 Å². The molecule has 0 aliphatic heterocycles. The predicted octanol–water partition coefficient (Wildman–Crippen LogP) is 3.41. The Kier molecular flexibility index (Phi) is 4.97. The van der Waals surface area contributed by atoms with E-state index in [1.807, 2.05) is 10.9 Å². The average molecular weight is 251 g/mol. The zero-order chi connectivity index (χ0) is 13.9. The van der Waals surface area contributed by atoms with E-state index in [2.05, 4.69) is 52.7 Å². The minimum Gasteiger partial charge on any atom is -0.327 e. The Balaban J connectivity index is 2.51. The second-order valence-corrected chi connectivity index (χ2v) is 6.85. The van der Waals surface area contributed by atoms with E-state index in [-0.39, 0.29) is 6.04 Å². The van der Waals surface area contributed by atoms with Gasteiger partial charge < -0.3 is 5.73 Å². The van der Waals surface area contributed by atoms with Gasteiger partial charge >= 0.3 is 0 Å². The second kappa shape index (κ2) is 5.87. The lowest BCUT2D eigenvalue weighted by atomic mass is 9.78. The van der Waals surface area contributed by atoms with Crippen LogP contribution in [-0.4, -0.2) is 15.8 Å². The maximum Gasteiger partial charge on any atom is 0.0640 e. The summed E-state index contributed by atoms with van der Waals surface area (Å²) in [5.74, 6) is 0.625. The summed E-state index contributed by atoms with van der Waals surface area (Å²) in [7, 11) is 0. The largest absolute Gasteiger partial charge is 0.327 e. The van der Waals surface area contributed by atoms with Crippen LogP contribution in [0.3, 0.4) is 0 Å². The van der Waals surface area contributed by atoms with Crippen LogP contribution in [0.15, 0.2) is 12.3 Å². The van der Waals surface area contributed by atoms with E-state index in [1.165, 1.54) is 0 Å². The Morgan fingerprint density at radius 1 is 1.28 bits per heavy atom. The molecule has 3 heteroatoms. The quantitative estimate of drug-likeness (QED) is 0.871. The van der Waals surface area contributed by atoms with Gasteiger partial charge in [-0.25, -0.2) is 0 Å². The monoisotopic (exact) mass is 251 g/mol. The van der Waals surface area contributed by atoms with Gasteiger partial charge in [0.05, 0.1) is 5.69 Å². The number of nitrogens with two attached hydrogens (primary N) is 1. The highest BCUT2D eigenvalue weighted by molar-refractivity contribution is 5.02. The minimum absolute atomic E-state index is 0.203. The lowest BCUT2D eigenvalue weighted by Crippen LogP contribution is -2.30. The average Bonchev–Trinajstić information content (AvgIpc) is 2.64. The van der Waals surface area contributed by atoms with Crippen LogP contribution in [0.25, 0.3) is 0 Å². The molecule has 0 aliphatic rings. The van der Waals surface area contributed by atoms with Gasteiger partial charge in [-0.15, -0.1) is 0 Å². The summed E-state index contributed by atoms with van der Waals surface area (Å²) in [6, 6.07) is 2.71. The van der Waals surface area contributed by atoms with Gasteiger partial charge in [-0.05, 0) is 37.7 Å². The highest BCUT2D eigenvalue weighted by Gasteiger charge is 2.22. The molecule has 104 valence electrons. The number of hydrogen-bond acceptors (Lipinski definition) is 2. The molecule has 1 aromatic rings. The van der Waals surface area contributed by atoms with Crippen LogP contribution in [0.1, 0.15) is 59.7 Å². The smallest absolute Gasteiger partial charge is 0.0640 e. The van der Waals surface area contributed by atoms with Crippen molar-refractivity contribution in [2.24, 2.45) is 17.1 Å². The molecule has 18 heavy (non-hydrogen) atoms. The molecular formula is C15H29N3. The van der Waals surface area contributed by atoms with E-state index in [0.717, 1.165) is 18.5 Å². The van der Waals surface area contributed by atoms with E-state index in [4.69, 9.17) is 5.73 Å². The van der Waals surface area contributed by atoms with Crippen LogP contribution >= 0.6 is 0 Å². The zero-order valence-corrected chi connectivity index (χ0v) is 12.8. The third kappa shape index (κ3) is 4.45. The molecule has 0 bridgehead atoms. The van der Waals surface area contributed by atoms with E-state index >= 15 is 0 Å². The van der Waals surface area contributed by atoms with Crippen molar-refractivity contribution in [3.05, 3.63) is 18.0 Å². The molecule has 0 spiro atoms. The third-order valence-electron chi connectivity index (χ3n) is 3.80. The first-order chi connectivity index (χ1) is 8.20. The number of aromatic nitrogens is 2. The SMILES string of the molecule is CC(C)n1ccc(CC(N)CC(C)C(C)(C)C)n1. The van der Waals surface area contributed by atoms with Gasteiger partial charge in [-0.1, -0.05) is 27.7 Å². The third-order valence-corrected chi connectivity index (χ3v) is 3.80. The molecule has 0 saturated carbocycles. The predicted molar refractivity (Wildman–Crippen MR) is 77.5 cm³/mol. The number of rotatable bonds is 5. The normalized spacial score (nSPS) is 16.0. The highest BCUT2D eigenvalue weighted by atomic mass is 15.3. The van der Waals surface area contributed by atoms with E-state index in [0.29, 0.717) is 17.4 Å². The zero-order valence-electron chi connectivity index (χ0n) is 12.8. The lowest BCUT2D eigenvalue weighted by molar-refractivity contribution is 0.232. The molecule has 2 atom stereocenters. The van der Waals surface area contributed by atoms with Gasteiger partial charge in [0.25, 0.3) is 0 Å². The fourth-order valence-corrected chi connectivity index (χ4v) is 1.93. The molecule has 0 aliphatic carbocycles. The number of hydrogen-bond donors (Lipinski definition) is 1. The molecule has 1 rings (SSSR count). The molecule has 0 aromatic carbocycles. The Bertz CT molecular complexity index is 360. The molecule has 0 amide bonds. The Morgan fingerprint density at radius 3 is 2.33 bits per heavy atom. The minimum atomic E-state index is 0.203. The fourth-order valence-electron chi connectivity index (χ4n) is 1.93. The van der Waals surface area contributed by atoms with E-state index < -0.39 is 0 Å². The van der Waals surface area contributed by atoms with Gasteiger partial charge in [0.1, 0.15) is 0 Å². The van der Waals surface area contributed by atoms with Crippen molar-refractivity contribution in [1.29, 1.82) is 0 Å². The lowest BCUT2D eigenvalue weighted by Gasteiger charge is -2.29. The van der Waals surface area contributed by atoms with Crippen LogP contribution in [0, 0.1) is 11.3 Å². The van der Waals surface area contributed by atoms with Gasteiger partial charge in [0.15, 0.2) is 0 Å². The Labute approximate surface area is 112 Å². The summed E-state index contributed by atoms with van der Waals surface area (Å²) in [4.78, 5) is 0. The van der Waals surface area contributed by atoms with Crippen LogP contribution in [0.2, 0.25) is 0 Å². The summed E-state index contributed by atoms with van der Waals surface area (Å²) in [6.07, 6.45) is 3.97. The summed E-state index contributed by atoms with van der Waals surface area (Å²) in [6.45, 7) is 13.4. The van der Waals surface area contributed by atoms with Crippen molar-refractivity contribution in [3.8, 4) is 0 Å². The summed E-state index contributed by atoms with van der Waals surface area (Å²) >= 11 is 0. The first kappa shape index (κ1) is 15.2. The molecular weight excluding hydrogens is 222 g/mol. The van der Waals surface area contributed by atoms with Gasteiger partial charge in [0, 0.05) is 24.7 Å². The Morgan fingerprint density at radius 2 is 1.89 bits per heavy atom. The van der Waals surface area contributed by atoms with E-state index in [9.17, 15) is 0 Å². The molecule has 0 fully saturated rings. The molecule has 1 heterocycles. The summed E-state index contributed by atoms with van der Waals surface area (Å²) < 4.78 is 2.00. The van der Waals surface area contributed by atoms with Gasteiger partial charge in [0.2, 0.25) is 0 Å². The molecule has 2 N–H and O–H groups in total. The molecule has 1 aromatic heterocycles. The summed E-state index contributed by atoms with van der Waals surface area (Å²) in [5, 5.41) is 4.56. The second-order valence-electron chi connectivity index (χ2n) is 6.85. The van der Waals surface area contributed by atoms with Crippen molar-refractivity contribution in [3.63, 3.8) is 0 Å².